The molecule has 0 unspecified atom stereocenters. The van der Waals surface area contributed by atoms with E-state index in [1.165, 1.54) is 33.9 Å². The Morgan fingerprint density at radius 1 is 1.25 bits per heavy atom. The second-order valence-electron chi connectivity index (χ2n) is 5.13. The number of ketones is 1. The van der Waals surface area contributed by atoms with E-state index in [2.05, 4.69) is 0 Å². The molecule has 104 valence electrons. The summed E-state index contributed by atoms with van der Waals surface area (Å²) in [6, 6.07) is 3.43. The maximum absolute atomic E-state index is 12.5. The second-order valence-corrected chi connectivity index (χ2v) is 6.26. The van der Waals surface area contributed by atoms with Gasteiger partial charge in [-0.3, -0.25) is 4.79 Å². The average Bonchev–Trinajstić information content (AvgIpc) is 3.01. The van der Waals surface area contributed by atoms with Crippen molar-refractivity contribution in [3.05, 3.63) is 44.9 Å². The zero-order valence-electron chi connectivity index (χ0n) is 11.2. The molecule has 0 aliphatic heterocycles. The molecule has 0 fully saturated rings. The predicted molar refractivity (Wildman–Crippen MR) is 76.8 cm³/mol. The molecule has 3 rings (SSSR count). The van der Waals surface area contributed by atoms with E-state index in [0.717, 1.165) is 17.7 Å². The molecule has 0 saturated carbocycles. The fourth-order valence-corrected chi connectivity index (χ4v) is 3.86. The minimum absolute atomic E-state index is 0.0764. The number of nitrogens with zero attached hydrogens (tertiary/aromatic N) is 1. The maximum atomic E-state index is 12.5. The summed E-state index contributed by atoms with van der Waals surface area (Å²) in [6.07, 6.45) is 6.07. The highest BCUT2D eigenvalue weighted by atomic mass is 32.1. The van der Waals surface area contributed by atoms with E-state index < -0.39 is 5.97 Å². The molecule has 2 aromatic heterocycles. The van der Waals surface area contributed by atoms with E-state index in [-0.39, 0.29) is 11.5 Å². The first kappa shape index (κ1) is 13.1. The third-order valence-corrected chi connectivity index (χ3v) is 4.94. The van der Waals surface area contributed by atoms with Crippen molar-refractivity contribution in [1.82, 2.24) is 4.57 Å². The van der Waals surface area contributed by atoms with Crippen molar-refractivity contribution in [2.45, 2.75) is 25.7 Å². The summed E-state index contributed by atoms with van der Waals surface area (Å²) in [5.74, 6) is -1.09. The first-order valence-electron chi connectivity index (χ1n) is 6.62. The van der Waals surface area contributed by atoms with Crippen LogP contribution in [0.5, 0.6) is 0 Å². The van der Waals surface area contributed by atoms with E-state index in [1.54, 1.807) is 24.6 Å². The smallest absolute Gasteiger partial charge is 0.352 e. The minimum Gasteiger partial charge on any atom is -0.477 e. The van der Waals surface area contributed by atoms with Gasteiger partial charge in [0.15, 0.2) is 0 Å². The van der Waals surface area contributed by atoms with Gasteiger partial charge >= 0.3 is 5.97 Å². The van der Waals surface area contributed by atoms with E-state index in [9.17, 15) is 9.59 Å². The van der Waals surface area contributed by atoms with Crippen LogP contribution in [-0.2, 0) is 19.9 Å². The summed E-state index contributed by atoms with van der Waals surface area (Å²) >= 11 is 1.56. The van der Waals surface area contributed by atoms with Crippen LogP contribution in [0.15, 0.2) is 18.3 Å². The summed E-state index contributed by atoms with van der Waals surface area (Å²) in [6.45, 7) is 0. The number of carbonyl (C=O) groups excluding carboxylic acids is 1. The van der Waals surface area contributed by atoms with Crippen molar-refractivity contribution >= 4 is 23.1 Å². The Kier molecular flexibility index (Phi) is 3.22. The van der Waals surface area contributed by atoms with Crippen LogP contribution in [0.4, 0.5) is 0 Å². The molecule has 2 aromatic rings. The molecule has 0 bridgehead atoms. The number of carbonyl (C=O) groups is 2. The molecule has 1 aliphatic rings. The number of thiophene rings is 1. The van der Waals surface area contributed by atoms with Crippen LogP contribution in [0.2, 0.25) is 0 Å². The van der Waals surface area contributed by atoms with Crippen LogP contribution >= 0.6 is 11.3 Å². The largest absolute Gasteiger partial charge is 0.477 e. The third-order valence-electron chi connectivity index (χ3n) is 3.71. The molecule has 20 heavy (non-hydrogen) atoms. The van der Waals surface area contributed by atoms with Gasteiger partial charge in [0.2, 0.25) is 5.78 Å². The van der Waals surface area contributed by atoms with E-state index >= 15 is 0 Å². The Morgan fingerprint density at radius 3 is 2.65 bits per heavy atom. The van der Waals surface area contributed by atoms with Crippen molar-refractivity contribution in [3.63, 3.8) is 0 Å². The number of aromatic carboxylic acids is 1. The van der Waals surface area contributed by atoms with Gasteiger partial charge in [-0.2, -0.15) is 0 Å². The lowest BCUT2D eigenvalue weighted by molar-refractivity contribution is 0.0686. The fraction of sp³-hybridized carbons (Fsp3) is 0.333. The lowest BCUT2D eigenvalue weighted by atomic mass is 9.99. The fourth-order valence-electron chi connectivity index (χ4n) is 2.65. The Hall–Kier alpha value is -1.88. The number of fused-ring (bicyclic) bond motifs is 1. The Morgan fingerprint density at radius 2 is 2.00 bits per heavy atom. The molecule has 5 heteroatoms. The Labute approximate surface area is 120 Å². The molecule has 1 aliphatic carbocycles. The summed E-state index contributed by atoms with van der Waals surface area (Å²) in [7, 11) is 1.64. The number of carboxylic acids is 1. The van der Waals surface area contributed by atoms with Crippen molar-refractivity contribution < 1.29 is 14.7 Å². The number of hydrogen-bond donors (Lipinski definition) is 1. The zero-order chi connectivity index (χ0) is 14.3. The van der Waals surface area contributed by atoms with Gasteiger partial charge in [-0.05, 0) is 43.4 Å². The van der Waals surface area contributed by atoms with Gasteiger partial charge in [-0.25, -0.2) is 4.79 Å². The van der Waals surface area contributed by atoms with Gasteiger partial charge in [0.05, 0.1) is 4.88 Å². The van der Waals surface area contributed by atoms with Gasteiger partial charge in [-0.1, -0.05) is 0 Å². The number of aryl methyl sites for hydroxylation is 3. The Bertz CT molecular complexity index is 673. The van der Waals surface area contributed by atoms with Crippen molar-refractivity contribution in [1.29, 1.82) is 0 Å². The van der Waals surface area contributed by atoms with E-state index in [0.29, 0.717) is 5.56 Å². The highest BCUT2D eigenvalue weighted by molar-refractivity contribution is 7.14. The topological polar surface area (TPSA) is 59.3 Å². The quantitative estimate of drug-likeness (QED) is 0.884. The summed E-state index contributed by atoms with van der Waals surface area (Å²) in [5, 5.41) is 9.03. The molecule has 1 N–H and O–H groups in total. The number of carboxylic acid groups (broad SMARTS) is 1. The summed E-state index contributed by atoms with van der Waals surface area (Å²) in [4.78, 5) is 25.5. The molecule has 0 amide bonds. The predicted octanol–water partition coefficient (Wildman–Crippen LogP) is 2.89. The molecule has 0 radical (unpaired) electrons. The van der Waals surface area contributed by atoms with E-state index in [1.807, 2.05) is 6.07 Å². The zero-order valence-corrected chi connectivity index (χ0v) is 12.0. The minimum atomic E-state index is -1.02. The summed E-state index contributed by atoms with van der Waals surface area (Å²) in [5.41, 5.74) is 1.87. The molecule has 0 aromatic carbocycles. The number of hydrogen-bond acceptors (Lipinski definition) is 3. The van der Waals surface area contributed by atoms with Crippen molar-refractivity contribution in [3.8, 4) is 0 Å². The molecule has 0 spiro atoms. The second kappa shape index (κ2) is 4.90. The van der Waals surface area contributed by atoms with Crippen LogP contribution in [0.25, 0.3) is 0 Å². The van der Waals surface area contributed by atoms with Crippen LogP contribution in [0, 0.1) is 0 Å². The van der Waals surface area contributed by atoms with Crippen LogP contribution in [0.3, 0.4) is 0 Å². The van der Waals surface area contributed by atoms with Crippen LogP contribution in [0.1, 0.15) is 49.0 Å². The standard InChI is InChI=1S/C15H15NO3S/c1-16-8-10(6-11(16)15(18)19)14(17)13-7-9-4-2-3-5-12(9)20-13/h6-8H,2-5H2,1H3,(H,18,19). The van der Waals surface area contributed by atoms with Crippen LogP contribution < -0.4 is 0 Å². The van der Waals surface area contributed by atoms with E-state index in [4.69, 9.17) is 5.11 Å². The number of aromatic nitrogens is 1. The van der Waals surface area contributed by atoms with Gasteiger partial charge in [-0.15, -0.1) is 11.3 Å². The van der Waals surface area contributed by atoms with Gasteiger partial charge in [0.1, 0.15) is 5.69 Å². The number of rotatable bonds is 3. The molecular formula is C15H15NO3S. The summed E-state index contributed by atoms with van der Waals surface area (Å²) < 4.78 is 1.48. The highest BCUT2D eigenvalue weighted by Gasteiger charge is 2.21. The lowest BCUT2D eigenvalue weighted by Crippen LogP contribution is -2.02. The van der Waals surface area contributed by atoms with Gasteiger partial charge < -0.3 is 9.67 Å². The molecular weight excluding hydrogens is 274 g/mol. The molecule has 4 nitrogen and oxygen atoms in total. The first-order chi connectivity index (χ1) is 9.56. The maximum Gasteiger partial charge on any atom is 0.352 e. The molecule has 2 heterocycles. The van der Waals surface area contributed by atoms with Crippen LogP contribution in [-0.4, -0.2) is 21.4 Å². The van der Waals surface area contributed by atoms with Crippen molar-refractivity contribution in [2.24, 2.45) is 7.05 Å². The van der Waals surface area contributed by atoms with Gasteiger partial charge in [0, 0.05) is 23.7 Å². The highest BCUT2D eigenvalue weighted by Crippen LogP contribution is 2.31. The average molecular weight is 289 g/mol. The third kappa shape index (κ3) is 2.18. The molecule has 0 atom stereocenters. The lowest BCUT2D eigenvalue weighted by Gasteiger charge is -2.08. The van der Waals surface area contributed by atoms with Crippen molar-refractivity contribution in [2.75, 3.05) is 0 Å². The normalized spacial score (nSPS) is 14.1. The molecule has 0 saturated heterocycles. The van der Waals surface area contributed by atoms with Gasteiger partial charge in [0.25, 0.3) is 0 Å². The first-order valence-corrected chi connectivity index (χ1v) is 7.44. The monoisotopic (exact) mass is 289 g/mol. The Balaban J connectivity index is 1.94. The SMILES string of the molecule is Cn1cc(C(=O)c2cc3c(s2)CCCC3)cc1C(=O)O.